The SMILES string of the molecule is B12B3[B-]14B1B4[B-]231.[Gd]. The average Bonchev–Trinajstić information content (AvgIpc) is 2.12. The summed E-state index contributed by atoms with van der Waals surface area (Å²) in [5, 5.41) is 0. The van der Waals surface area contributed by atoms with E-state index in [1.165, 1.54) is 25.5 Å². The van der Waals surface area contributed by atoms with E-state index in [1.54, 1.807) is 0 Å². The molecule has 0 bridgehead atoms. The third kappa shape index (κ3) is 0.102. The normalized spacial score (nSPS) is 48.0. The van der Waals surface area contributed by atoms with E-state index >= 15 is 0 Å². The quantitative estimate of drug-likeness (QED) is 0.405. The second-order valence-corrected chi connectivity index (χ2v) is 4.62. The Morgan fingerprint density at radius 2 is 1.00 bits per heavy atom. The van der Waals surface area contributed by atoms with Crippen molar-refractivity contribution in [1.82, 2.24) is 0 Å². The van der Waals surface area contributed by atoms with Gasteiger partial charge in [0.25, 0.3) is 0 Å². The fourth-order valence-electron chi connectivity index (χ4n) is 5.80. The number of hydrogen-bond acceptors (Lipinski definition) is 0. The summed E-state index contributed by atoms with van der Waals surface area (Å²) < 4.78 is 0. The van der Waals surface area contributed by atoms with Crippen molar-refractivity contribution in [1.29, 1.82) is 0 Å². The molecule has 2 spiro atoms. The Bertz CT molecular complexity index is 149. The second-order valence-electron chi connectivity index (χ2n) is 4.62. The molecule has 7 heteroatoms. The van der Waals surface area contributed by atoms with Crippen molar-refractivity contribution in [2.75, 3.05) is 0 Å². The smallest absolute Gasteiger partial charge is 0 e. The van der Waals surface area contributed by atoms with E-state index < -0.39 is 0 Å². The molecular formula is B6Gd-2. The summed E-state index contributed by atoms with van der Waals surface area (Å²) in [5.74, 6) is 0. The maximum atomic E-state index is 1.50. The van der Waals surface area contributed by atoms with E-state index in [4.69, 9.17) is 0 Å². The largest absolute Gasteiger partial charge is 0.364 e. The van der Waals surface area contributed by atoms with Gasteiger partial charge in [0.05, 0.1) is 0 Å². The van der Waals surface area contributed by atoms with Crippen molar-refractivity contribution in [3.63, 3.8) is 0 Å². The monoisotopic (exact) mass is 224 g/mol. The molecule has 0 N–H and O–H groups in total. The van der Waals surface area contributed by atoms with Gasteiger partial charge in [0.2, 0.25) is 0 Å². The van der Waals surface area contributed by atoms with Gasteiger partial charge >= 0.3 is 0 Å². The first-order valence-electron chi connectivity index (χ1n) is 3.33. The van der Waals surface area contributed by atoms with Crippen LogP contribution in [0, 0.1) is 39.9 Å². The van der Waals surface area contributed by atoms with Crippen molar-refractivity contribution in [2.45, 2.75) is 0 Å². The fraction of sp³-hybridized carbons (Fsp3) is 0. The molecule has 4 fully saturated rings. The van der Waals surface area contributed by atoms with Crippen LogP contribution in [-0.4, -0.2) is 37.0 Å². The van der Waals surface area contributed by atoms with Crippen LogP contribution in [0.5, 0.6) is 0 Å². The molecule has 4 rings (SSSR count). The van der Waals surface area contributed by atoms with Crippen molar-refractivity contribution >= 4 is 37.0 Å². The molecule has 4 heterocycles. The molecule has 4 saturated heterocycles. The minimum atomic E-state index is 0. The fourth-order valence-corrected chi connectivity index (χ4v) is 5.80. The van der Waals surface area contributed by atoms with Gasteiger partial charge in [0.1, 0.15) is 0 Å². The molecule has 0 unspecified atom stereocenters. The van der Waals surface area contributed by atoms with Crippen LogP contribution in [0.1, 0.15) is 0 Å². The Morgan fingerprint density at radius 3 is 1.00 bits per heavy atom. The minimum Gasteiger partial charge on any atom is -0.364 e. The Morgan fingerprint density at radius 1 is 0.714 bits per heavy atom. The number of hydrogen-bond donors (Lipinski definition) is 0. The summed E-state index contributed by atoms with van der Waals surface area (Å²) in [6, 6.07) is 0. The molecule has 4 aliphatic heterocycles. The second kappa shape index (κ2) is 0.526. The Labute approximate surface area is 76.0 Å². The summed E-state index contributed by atoms with van der Waals surface area (Å²) in [4.78, 5) is 0. The van der Waals surface area contributed by atoms with Crippen LogP contribution < -0.4 is 0 Å². The van der Waals surface area contributed by atoms with E-state index in [2.05, 4.69) is 0 Å². The summed E-state index contributed by atoms with van der Waals surface area (Å²) in [6.45, 7) is 0. The molecule has 0 saturated carbocycles. The van der Waals surface area contributed by atoms with E-state index in [1.807, 2.05) is 0 Å². The molecule has 28 valence electrons. The zero-order valence-corrected chi connectivity index (χ0v) is 6.09. The molecule has 0 aromatic carbocycles. The first-order valence-corrected chi connectivity index (χ1v) is 3.33. The topological polar surface area (TPSA) is 0 Å². The standard InChI is InChI=1S/B6.Gd/c1-2-5(1)3-4(5)6(1,2)3;/q-2;. The number of rotatable bonds is 0. The Kier molecular flexibility index (Phi) is 0.284. The van der Waals surface area contributed by atoms with E-state index in [0.29, 0.717) is 11.4 Å². The van der Waals surface area contributed by atoms with E-state index in [-0.39, 0.29) is 39.9 Å². The van der Waals surface area contributed by atoms with Crippen LogP contribution in [0.4, 0.5) is 0 Å². The average molecular weight is 222 g/mol. The van der Waals surface area contributed by atoms with Gasteiger partial charge in [-0.25, -0.2) is 0 Å². The van der Waals surface area contributed by atoms with Gasteiger partial charge in [0, 0.05) is 39.9 Å². The molecule has 0 amide bonds. The van der Waals surface area contributed by atoms with Crippen LogP contribution in [0.2, 0.25) is 0 Å². The van der Waals surface area contributed by atoms with Gasteiger partial charge < -0.3 is 25.5 Å². The van der Waals surface area contributed by atoms with Crippen LogP contribution in [0.25, 0.3) is 0 Å². The molecule has 0 nitrogen and oxygen atoms in total. The van der Waals surface area contributed by atoms with Crippen molar-refractivity contribution in [3.05, 3.63) is 0 Å². The summed E-state index contributed by atoms with van der Waals surface area (Å²) >= 11 is 0. The first-order chi connectivity index (χ1) is 2.98. The molecule has 4 aliphatic rings. The van der Waals surface area contributed by atoms with Gasteiger partial charge in [0.15, 0.2) is 0 Å². The molecule has 7 heavy (non-hydrogen) atoms. The van der Waals surface area contributed by atoms with E-state index in [9.17, 15) is 0 Å². The van der Waals surface area contributed by atoms with E-state index in [0.717, 1.165) is 0 Å². The van der Waals surface area contributed by atoms with Crippen molar-refractivity contribution in [3.8, 4) is 0 Å². The van der Waals surface area contributed by atoms with Crippen LogP contribution in [0.3, 0.4) is 0 Å². The van der Waals surface area contributed by atoms with Crippen LogP contribution >= 0.6 is 0 Å². The third-order valence-electron chi connectivity index (χ3n) is 5.66. The zero-order chi connectivity index (χ0) is 3.31. The molecule has 0 radical (unpaired) electrons. The summed E-state index contributed by atoms with van der Waals surface area (Å²) in [7, 11) is 0. The Balaban J connectivity index is 0.000000200. The molecule has 0 atom stereocenters. The Hall–Kier alpha value is 1.71. The van der Waals surface area contributed by atoms with Gasteiger partial charge in [-0.15, -0.1) is 0 Å². The predicted molar refractivity (Wildman–Crippen MR) is 34.5 cm³/mol. The minimum absolute atomic E-state index is 0. The van der Waals surface area contributed by atoms with Gasteiger partial charge in [-0.05, 0) is 0 Å². The number of fused-ring (bicyclic) bond motifs is 10. The van der Waals surface area contributed by atoms with Gasteiger partial charge in [-0.3, -0.25) is 11.4 Å². The van der Waals surface area contributed by atoms with Crippen molar-refractivity contribution < 1.29 is 39.9 Å². The zero-order valence-electron chi connectivity index (χ0n) is 3.82. The maximum Gasteiger partial charge on any atom is 0 e. The van der Waals surface area contributed by atoms with Crippen LogP contribution in [-0.2, 0) is 0 Å². The van der Waals surface area contributed by atoms with Gasteiger partial charge in [-0.1, -0.05) is 0 Å². The third-order valence-corrected chi connectivity index (χ3v) is 5.66. The van der Waals surface area contributed by atoms with Gasteiger partial charge in [-0.2, -0.15) is 0 Å². The van der Waals surface area contributed by atoms with Crippen LogP contribution in [0.15, 0.2) is 0 Å². The summed E-state index contributed by atoms with van der Waals surface area (Å²) in [6.07, 6.45) is 6.00. The molecule has 0 aliphatic carbocycles. The maximum absolute atomic E-state index is 1.50. The molecule has 0 aromatic rings. The first kappa shape index (κ1) is 3.78. The predicted octanol–water partition coefficient (Wildman–Crippen LogP) is -2.28. The van der Waals surface area contributed by atoms with Crippen molar-refractivity contribution in [2.24, 2.45) is 0 Å². The summed E-state index contributed by atoms with van der Waals surface area (Å²) in [5.41, 5.74) is 1.33. The molecular weight excluding hydrogens is 222 g/mol. The molecule has 0 aromatic heterocycles.